The molecule has 0 atom stereocenters. The Kier molecular flexibility index (Phi) is 2.12. The van der Waals surface area contributed by atoms with E-state index in [2.05, 4.69) is 0 Å². The van der Waals surface area contributed by atoms with Crippen LogP contribution in [0.3, 0.4) is 0 Å². The molecule has 1 saturated heterocycles. The van der Waals surface area contributed by atoms with Crippen molar-refractivity contribution in [1.82, 2.24) is 0 Å². The Balaban J connectivity index is 2.29. The van der Waals surface area contributed by atoms with Crippen molar-refractivity contribution in [3.8, 4) is 0 Å². The summed E-state index contributed by atoms with van der Waals surface area (Å²) in [5, 5.41) is 8.88. The summed E-state index contributed by atoms with van der Waals surface area (Å²) in [5.41, 5.74) is 0.308. The van der Waals surface area contributed by atoms with E-state index < -0.39 is 12.1 Å². The lowest BCUT2D eigenvalue weighted by atomic mass is 10.2. The lowest BCUT2D eigenvalue weighted by molar-refractivity contribution is -0.905. The van der Waals surface area contributed by atoms with Crippen LogP contribution in [-0.4, -0.2) is 18.4 Å². The molecule has 1 aromatic rings. The number of pyridine rings is 1. The van der Waals surface area contributed by atoms with E-state index >= 15 is 0 Å². The van der Waals surface area contributed by atoms with E-state index in [9.17, 15) is 4.39 Å². The van der Waals surface area contributed by atoms with Crippen LogP contribution >= 0.6 is 0 Å². The highest BCUT2D eigenvalue weighted by atomic mass is 19.1. The molecule has 1 aliphatic rings. The monoisotopic (exact) mass is 186 g/mol. The molecule has 4 nitrogen and oxygen atoms in total. The van der Waals surface area contributed by atoms with Gasteiger partial charge in [-0.15, -0.1) is 0 Å². The molecule has 0 saturated carbocycles. The van der Waals surface area contributed by atoms with Crippen LogP contribution in [0.1, 0.15) is 11.9 Å². The second-order valence-corrected chi connectivity index (χ2v) is 2.70. The standard InChI is InChI=1S/C8H9FNO3/c9-7-5-10(11)2-1-6(7)8-12-3-4-13-8/h1-2,5,8,11H,3-4H2/q+1. The fraction of sp³-hybridized carbons (Fsp3) is 0.375. The van der Waals surface area contributed by atoms with Crippen LogP contribution < -0.4 is 4.73 Å². The first-order valence-electron chi connectivity index (χ1n) is 3.90. The summed E-state index contributed by atoms with van der Waals surface area (Å²) in [6.45, 7) is 0.941. The molecule has 2 heterocycles. The average molecular weight is 186 g/mol. The van der Waals surface area contributed by atoms with Crippen LogP contribution in [-0.2, 0) is 9.47 Å². The molecule has 1 aromatic heterocycles. The molecule has 0 aliphatic carbocycles. The van der Waals surface area contributed by atoms with Crippen molar-refractivity contribution in [3.05, 3.63) is 29.8 Å². The highest BCUT2D eigenvalue weighted by Gasteiger charge is 2.23. The van der Waals surface area contributed by atoms with Crippen molar-refractivity contribution in [3.63, 3.8) is 0 Å². The molecule has 0 aromatic carbocycles. The molecular weight excluding hydrogens is 177 g/mol. The van der Waals surface area contributed by atoms with Gasteiger partial charge in [-0.05, 0) is 0 Å². The largest absolute Gasteiger partial charge is 0.346 e. The fourth-order valence-corrected chi connectivity index (χ4v) is 1.20. The average Bonchev–Trinajstić information content (AvgIpc) is 2.56. The number of ether oxygens (including phenoxy) is 2. The van der Waals surface area contributed by atoms with E-state index in [0.29, 0.717) is 23.5 Å². The summed E-state index contributed by atoms with van der Waals surface area (Å²) in [5.74, 6) is -0.545. The van der Waals surface area contributed by atoms with Gasteiger partial charge >= 0.3 is 0 Å². The molecule has 70 valence electrons. The minimum absolute atomic E-state index is 0.308. The van der Waals surface area contributed by atoms with Gasteiger partial charge in [0, 0.05) is 10.8 Å². The van der Waals surface area contributed by atoms with E-state index in [-0.39, 0.29) is 0 Å². The van der Waals surface area contributed by atoms with Gasteiger partial charge in [-0.2, -0.15) is 4.39 Å². The number of aromatic nitrogens is 1. The van der Waals surface area contributed by atoms with Gasteiger partial charge in [-0.3, -0.25) is 5.21 Å². The van der Waals surface area contributed by atoms with Crippen molar-refractivity contribution in [2.75, 3.05) is 13.2 Å². The molecule has 13 heavy (non-hydrogen) atoms. The smallest absolute Gasteiger partial charge is 0.258 e. The maximum Gasteiger partial charge on any atom is 0.258 e. The van der Waals surface area contributed by atoms with Crippen LogP contribution in [0.15, 0.2) is 18.5 Å². The van der Waals surface area contributed by atoms with Gasteiger partial charge in [0.25, 0.3) is 6.20 Å². The summed E-state index contributed by atoms with van der Waals surface area (Å²) < 4.78 is 24.0. The molecule has 1 fully saturated rings. The minimum atomic E-state index is -0.638. The van der Waals surface area contributed by atoms with E-state index in [1.165, 1.54) is 12.3 Å². The van der Waals surface area contributed by atoms with Gasteiger partial charge in [0.15, 0.2) is 12.1 Å². The van der Waals surface area contributed by atoms with Crippen LogP contribution in [0.5, 0.6) is 0 Å². The molecule has 0 spiro atoms. The SMILES string of the molecule is O[n+]1ccc(C2OCCO2)c(F)c1. The zero-order chi connectivity index (χ0) is 9.26. The summed E-state index contributed by atoms with van der Waals surface area (Å²) >= 11 is 0. The van der Waals surface area contributed by atoms with Gasteiger partial charge in [-0.25, -0.2) is 0 Å². The van der Waals surface area contributed by atoms with E-state index in [1.807, 2.05) is 0 Å². The van der Waals surface area contributed by atoms with Crippen molar-refractivity contribution >= 4 is 0 Å². The third-order valence-corrected chi connectivity index (χ3v) is 1.80. The molecule has 5 heteroatoms. The molecular formula is C8H9FNO3+. The molecule has 2 rings (SSSR count). The molecule has 0 amide bonds. The highest BCUT2D eigenvalue weighted by Crippen LogP contribution is 2.24. The van der Waals surface area contributed by atoms with Crippen molar-refractivity contribution < 1.29 is 23.8 Å². The van der Waals surface area contributed by atoms with Crippen LogP contribution in [0.2, 0.25) is 0 Å². The van der Waals surface area contributed by atoms with Crippen molar-refractivity contribution in [2.45, 2.75) is 6.29 Å². The Morgan fingerprint density at radius 1 is 1.46 bits per heavy atom. The van der Waals surface area contributed by atoms with E-state index in [0.717, 1.165) is 6.20 Å². The zero-order valence-electron chi connectivity index (χ0n) is 6.81. The summed E-state index contributed by atoms with van der Waals surface area (Å²) in [6, 6.07) is 1.42. The molecule has 1 aliphatic heterocycles. The van der Waals surface area contributed by atoms with Gasteiger partial charge in [0.05, 0.1) is 18.8 Å². The topological polar surface area (TPSA) is 42.6 Å². The third kappa shape index (κ3) is 1.61. The van der Waals surface area contributed by atoms with Gasteiger partial charge < -0.3 is 9.47 Å². The number of hydrogen-bond donors (Lipinski definition) is 1. The molecule has 1 N–H and O–H groups in total. The van der Waals surface area contributed by atoms with E-state index in [1.54, 1.807) is 0 Å². The van der Waals surface area contributed by atoms with Crippen LogP contribution in [0.25, 0.3) is 0 Å². The predicted octanol–water partition coefficient (Wildman–Crippen LogP) is 0.396. The Morgan fingerprint density at radius 2 is 2.15 bits per heavy atom. The quantitative estimate of drug-likeness (QED) is 0.509. The van der Waals surface area contributed by atoms with Crippen LogP contribution in [0.4, 0.5) is 4.39 Å². The normalized spacial score (nSPS) is 17.9. The first-order chi connectivity index (χ1) is 6.27. The number of nitrogens with zero attached hydrogens (tertiary/aromatic N) is 1. The lowest BCUT2D eigenvalue weighted by Gasteiger charge is -2.07. The molecule has 0 unspecified atom stereocenters. The number of rotatable bonds is 1. The minimum Gasteiger partial charge on any atom is -0.346 e. The molecule has 0 radical (unpaired) electrons. The first-order valence-corrected chi connectivity index (χ1v) is 3.90. The maximum atomic E-state index is 13.2. The van der Waals surface area contributed by atoms with Crippen molar-refractivity contribution in [1.29, 1.82) is 0 Å². The number of halogens is 1. The van der Waals surface area contributed by atoms with Crippen LogP contribution in [0, 0.1) is 5.82 Å². The summed E-state index contributed by atoms with van der Waals surface area (Å²) in [7, 11) is 0. The second kappa shape index (κ2) is 3.27. The summed E-state index contributed by atoms with van der Waals surface area (Å²) in [6.07, 6.45) is 1.64. The lowest BCUT2D eigenvalue weighted by Crippen LogP contribution is -2.29. The zero-order valence-corrected chi connectivity index (χ0v) is 6.81. The highest BCUT2D eigenvalue weighted by molar-refractivity contribution is 5.12. The van der Waals surface area contributed by atoms with Gasteiger partial charge in [0.1, 0.15) is 0 Å². The second-order valence-electron chi connectivity index (χ2n) is 2.70. The Labute approximate surface area is 74.1 Å². The third-order valence-electron chi connectivity index (χ3n) is 1.80. The van der Waals surface area contributed by atoms with Gasteiger partial charge in [-0.1, -0.05) is 0 Å². The van der Waals surface area contributed by atoms with Crippen molar-refractivity contribution in [2.24, 2.45) is 0 Å². The van der Waals surface area contributed by atoms with E-state index in [4.69, 9.17) is 14.7 Å². The van der Waals surface area contributed by atoms with Gasteiger partial charge in [0.2, 0.25) is 6.20 Å². The first kappa shape index (κ1) is 8.40. The Morgan fingerprint density at radius 3 is 2.77 bits per heavy atom. The fourth-order valence-electron chi connectivity index (χ4n) is 1.20. The Hall–Kier alpha value is -1.20. The Bertz CT molecular complexity index is 312. The predicted molar refractivity (Wildman–Crippen MR) is 38.4 cm³/mol. The maximum absolute atomic E-state index is 13.2. The summed E-state index contributed by atoms with van der Waals surface area (Å²) in [4.78, 5) is 0. The molecule has 0 bridgehead atoms. The number of hydrogen-bond acceptors (Lipinski definition) is 3.